The Morgan fingerprint density at radius 2 is 1.86 bits per heavy atom. The number of anilines is 1. The molecule has 1 heterocycles. The van der Waals surface area contributed by atoms with Gasteiger partial charge in [0, 0.05) is 23.2 Å². The number of benzene rings is 3. The molecular weight excluding hydrogens is 458 g/mol. The molecule has 7 heteroatoms. The van der Waals surface area contributed by atoms with Crippen LogP contribution in [0.3, 0.4) is 0 Å². The van der Waals surface area contributed by atoms with E-state index in [1.54, 1.807) is 6.07 Å². The maximum Gasteiger partial charge on any atom is 0.235 e. The van der Waals surface area contributed by atoms with Crippen LogP contribution in [0.15, 0.2) is 72.8 Å². The number of nitrogens with zero attached hydrogens (tertiary/aromatic N) is 2. The molecule has 1 saturated carbocycles. The molecule has 0 radical (unpaired) electrons. The Morgan fingerprint density at radius 1 is 1.06 bits per heavy atom. The fourth-order valence-electron chi connectivity index (χ4n) is 4.39. The smallest absolute Gasteiger partial charge is 0.235 e. The van der Waals surface area contributed by atoms with Crippen molar-refractivity contribution in [3.8, 4) is 23.1 Å². The minimum atomic E-state index is -3.37. The molecule has 0 unspecified atom stereocenters. The van der Waals surface area contributed by atoms with E-state index in [0.29, 0.717) is 36.4 Å². The largest absolute Gasteiger partial charge is 0.489 e. The molecule has 35 heavy (non-hydrogen) atoms. The first kappa shape index (κ1) is 23.0. The summed E-state index contributed by atoms with van der Waals surface area (Å²) in [5.41, 5.74) is 4.68. The van der Waals surface area contributed by atoms with Crippen LogP contribution in [0, 0.1) is 11.3 Å². The standard InChI is InChI=1S/C28H27N3O3S/c1-2-15-31-27-14-11-23(34-19-20-7-4-3-5-8-20)17-25(27)26(18-29)28(31)21-9-6-10-22(16-21)30-35(32,33)24-12-13-24/h3-11,14,16-17,24,30H,2,12-13,15,19H2,1H3. The summed E-state index contributed by atoms with van der Waals surface area (Å²) in [6.45, 7) is 3.27. The van der Waals surface area contributed by atoms with Crippen molar-refractivity contribution < 1.29 is 13.2 Å². The number of nitriles is 1. The van der Waals surface area contributed by atoms with Crippen LogP contribution in [0.2, 0.25) is 0 Å². The van der Waals surface area contributed by atoms with E-state index in [-0.39, 0.29) is 5.25 Å². The lowest BCUT2D eigenvalue weighted by atomic mass is 10.1. The SMILES string of the molecule is CCCn1c(-c2cccc(NS(=O)(=O)C3CC3)c2)c(C#N)c2cc(OCc3ccccc3)ccc21. The Balaban J connectivity index is 1.55. The molecular formula is C28H27N3O3S. The minimum Gasteiger partial charge on any atom is -0.489 e. The molecule has 1 N–H and O–H groups in total. The third-order valence-electron chi connectivity index (χ3n) is 6.20. The molecule has 1 aliphatic carbocycles. The summed E-state index contributed by atoms with van der Waals surface area (Å²) in [5, 5.41) is 10.7. The van der Waals surface area contributed by atoms with Gasteiger partial charge in [-0.1, -0.05) is 49.4 Å². The quantitative estimate of drug-likeness (QED) is 0.312. The molecule has 1 fully saturated rings. The molecule has 1 aromatic heterocycles. The van der Waals surface area contributed by atoms with Gasteiger partial charge in [0.25, 0.3) is 0 Å². The second-order valence-corrected chi connectivity index (χ2v) is 10.8. The number of nitrogens with one attached hydrogen (secondary N) is 1. The van der Waals surface area contributed by atoms with Gasteiger partial charge in [-0.15, -0.1) is 0 Å². The second-order valence-electron chi connectivity index (χ2n) is 8.87. The highest BCUT2D eigenvalue weighted by molar-refractivity contribution is 7.93. The van der Waals surface area contributed by atoms with Gasteiger partial charge in [0.05, 0.1) is 22.0 Å². The van der Waals surface area contributed by atoms with Crippen molar-refractivity contribution in [1.29, 1.82) is 5.26 Å². The van der Waals surface area contributed by atoms with Crippen LogP contribution < -0.4 is 9.46 Å². The van der Waals surface area contributed by atoms with E-state index in [9.17, 15) is 13.7 Å². The van der Waals surface area contributed by atoms with Gasteiger partial charge in [-0.05, 0) is 55.2 Å². The first-order chi connectivity index (χ1) is 17.0. The van der Waals surface area contributed by atoms with Gasteiger partial charge in [0.2, 0.25) is 10.0 Å². The highest BCUT2D eigenvalue weighted by atomic mass is 32.2. The van der Waals surface area contributed by atoms with Crippen LogP contribution in [0.25, 0.3) is 22.2 Å². The maximum absolute atomic E-state index is 12.5. The molecule has 0 atom stereocenters. The van der Waals surface area contributed by atoms with Gasteiger partial charge in [0.15, 0.2) is 0 Å². The minimum absolute atomic E-state index is 0.304. The Kier molecular flexibility index (Phi) is 6.23. The van der Waals surface area contributed by atoms with Crippen molar-refractivity contribution in [2.45, 2.75) is 44.6 Å². The molecule has 1 aliphatic rings. The van der Waals surface area contributed by atoms with Crippen molar-refractivity contribution in [3.05, 3.63) is 83.9 Å². The Labute approximate surface area is 205 Å². The van der Waals surface area contributed by atoms with Gasteiger partial charge in [-0.25, -0.2) is 8.42 Å². The van der Waals surface area contributed by atoms with E-state index in [4.69, 9.17) is 4.74 Å². The molecule has 0 spiro atoms. The topological polar surface area (TPSA) is 84.1 Å². The monoisotopic (exact) mass is 485 g/mol. The molecule has 0 amide bonds. The Hall–Kier alpha value is -3.76. The summed E-state index contributed by atoms with van der Waals surface area (Å²) in [6, 6.07) is 25.5. The molecule has 5 rings (SSSR count). The van der Waals surface area contributed by atoms with Crippen molar-refractivity contribution >= 4 is 26.6 Å². The van der Waals surface area contributed by atoms with E-state index < -0.39 is 10.0 Å². The predicted molar refractivity (Wildman–Crippen MR) is 139 cm³/mol. The van der Waals surface area contributed by atoms with Crippen LogP contribution in [0.5, 0.6) is 5.75 Å². The Bertz CT molecular complexity index is 1510. The fourth-order valence-corrected chi connectivity index (χ4v) is 5.77. The van der Waals surface area contributed by atoms with Crippen LogP contribution in [-0.2, 0) is 23.2 Å². The lowest BCUT2D eigenvalue weighted by Gasteiger charge is -2.12. The molecule has 4 aromatic rings. The van der Waals surface area contributed by atoms with Crippen LogP contribution in [0.4, 0.5) is 5.69 Å². The number of hydrogen-bond acceptors (Lipinski definition) is 4. The number of rotatable bonds is 9. The number of aryl methyl sites for hydroxylation is 1. The summed E-state index contributed by atoms with van der Waals surface area (Å²) >= 11 is 0. The number of hydrogen-bond donors (Lipinski definition) is 1. The second kappa shape index (κ2) is 9.47. The maximum atomic E-state index is 12.5. The highest BCUT2D eigenvalue weighted by Crippen LogP contribution is 2.37. The Morgan fingerprint density at radius 3 is 2.57 bits per heavy atom. The fraction of sp³-hybridized carbons (Fsp3) is 0.250. The first-order valence-corrected chi connectivity index (χ1v) is 13.4. The lowest BCUT2D eigenvalue weighted by molar-refractivity contribution is 0.306. The van der Waals surface area contributed by atoms with Crippen molar-refractivity contribution in [2.24, 2.45) is 0 Å². The summed E-state index contributed by atoms with van der Waals surface area (Å²) in [6.07, 6.45) is 2.29. The van der Waals surface area contributed by atoms with Crippen molar-refractivity contribution in [2.75, 3.05) is 4.72 Å². The molecule has 0 aliphatic heterocycles. The zero-order valence-electron chi connectivity index (χ0n) is 19.6. The first-order valence-electron chi connectivity index (χ1n) is 11.9. The van der Waals surface area contributed by atoms with Crippen LogP contribution in [-0.4, -0.2) is 18.2 Å². The zero-order valence-corrected chi connectivity index (χ0v) is 20.4. The third kappa shape index (κ3) is 4.75. The van der Waals surface area contributed by atoms with Crippen molar-refractivity contribution in [3.63, 3.8) is 0 Å². The molecule has 6 nitrogen and oxygen atoms in total. The number of aromatic nitrogens is 1. The third-order valence-corrected chi connectivity index (χ3v) is 8.07. The van der Waals surface area contributed by atoms with E-state index in [1.165, 1.54) is 0 Å². The van der Waals surface area contributed by atoms with E-state index in [2.05, 4.69) is 22.3 Å². The average Bonchev–Trinajstić information content (AvgIpc) is 3.68. The van der Waals surface area contributed by atoms with Crippen LogP contribution >= 0.6 is 0 Å². The number of fused-ring (bicyclic) bond motifs is 1. The molecule has 0 saturated heterocycles. The van der Waals surface area contributed by atoms with Gasteiger partial charge in [-0.3, -0.25) is 4.72 Å². The van der Waals surface area contributed by atoms with Gasteiger partial charge >= 0.3 is 0 Å². The lowest BCUT2D eigenvalue weighted by Crippen LogP contribution is -2.17. The number of sulfonamides is 1. The van der Waals surface area contributed by atoms with Crippen molar-refractivity contribution in [1.82, 2.24) is 4.57 Å². The normalized spacial score (nSPS) is 13.5. The summed E-state index contributed by atoms with van der Waals surface area (Å²) in [4.78, 5) is 0. The predicted octanol–water partition coefficient (Wildman–Crippen LogP) is 6.07. The van der Waals surface area contributed by atoms with E-state index in [1.807, 2.05) is 66.7 Å². The van der Waals surface area contributed by atoms with E-state index >= 15 is 0 Å². The number of ether oxygens (including phenoxy) is 1. The summed E-state index contributed by atoms with van der Waals surface area (Å²) < 4.78 is 35.8. The molecule has 3 aromatic carbocycles. The average molecular weight is 486 g/mol. The van der Waals surface area contributed by atoms with E-state index in [0.717, 1.165) is 40.7 Å². The summed E-state index contributed by atoms with van der Waals surface area (Å²) in [7, 11) is -3.37. The van der Waals surface area contributed by atoms with Gasteiger partial charge in [-0.2, -0.15) is 5.26 Å². The van der Waals surface area contributed by atoms with Crippen LogP contribution in [0.1, 0.15) is 37.3 Å². The summed E-state index contributed by atoms with van der Waals surface area (Å²) in [5.74, 6) is 0.698. The molecule has 0 bridgehead atoms. The molecule has 178 valence electrons. The highest BCUT2D eigenvalue weighted by Gasteiger charge is 2.35. The zero-order chi connectivity index (χ0) is 24.4. The van der Waals surface area contributed by atoms with Gasteiger partial charge in [0.1, 0.15) is 18.4 Å². The van der Waals surface area contributed by atoms with Gasteiger partial charge < -0.3 is 9.30 Å².